The lowest BCUT2D eigenvalue weighted by atomic mass is 10.1. The fourth-order valence-corrected chi connectivity index (χ4v) is 1.57. The third-order valence-corrected chi connectivity index (χ3v) is 2.62. The van der Waals surface area contributed by atoms with Crippen molar-refractivity contribution < 1.29 is 0 Å². The molecule has 0 aliphatic rings. The minimum atomic E-state index is 0.352. The number of fused-ring (bicyclic) bond motifs is 1. The maximum absolute atomic E-state index is 6.03. The summed E-state index contributed by atoms with van der Waals surface area (Å²) in [6, 6.07) is 0. The molecule has 5 heteroatoms. The van der Waals surface area contributed by atoms with E-state index in [0.29, 0.717) is 16.7 Å². The standard InChI is InChI=1S/C9H11ClN4/c1-3-6(2)9-13-12-8-5-11-4-7(10)14(8)9/h4-6H,3H2,1-2H3. The molecule has 2 rings (SSSR count). The molecule has 0 N–H and O–H groups in total. The Balaban J connectivity index is 2.67. The van der Waals surface area contributed by atoms with Crippen molar-refractivity contribution in [3.63, 3.8) is 0 Å². The maximum atomic E-state index is 6.03. The number of hydrogen-bond acceptors (Lipinski definition) is 3. The second-order valence-corrected chi connectivity index (χ2v) is 3.68. The van der Waals surface area contributed by atoms with Crippen molar-refractivity contribution >= 4 is 17.2 Å². The molecule has 0 aliphatic heterocycles. The quantitative estimate of drug-likeness (QED) is 0.764. The van der Waals surface area contributed by atoms with E-state index in [1.54, 1.807) is 12.4 Å². The maximum Gasteiger partial charge on any atom is 0.180 e. The van der Waals surface area contributed by atoms with Crippen molar-refractivity contribution in [1.29, 1.82) is 0 Å². The molecule has 0 aromatic carbocycles. The number of hydrogen-bond donors (Lipinski definition) is 0. The summed E-state index contributed by atoms with van der Waals surface area (Å²) in [5.41, 5.74) is 0.702. The van der Waals surface area contributed by atoms with Crippen LogP contribution >= 0.6 is 11.6 Å². The highest BCUT2D eigenvalue weighted by molar-refractivity contribution is 6.29. The van der Waals surface area contributed by atoms with Gasteiger partial charge in [-0.3, -0.25) is 9.38 Å². The van der Waals surface area contributed by atoms with Crippen LogP contribution in [0.2, 0.25) is 5.15 Å². The second-order valence-electron chi connectivity index (χ2n) is 3.29. The number of halogens is 1. The molecule has 0 bridgehead atoms. The monoisotopic (exact) mass is 210 g/mol. The fourth-order valence-electron chi connectivity index (χ4n) is 1.34. The molecule has 2 aromatic heterocycles. The van der Waals surface area contributed by atoms with Crippen LogP contribution in [-0.4, -0.2) is 19.6 Å². The minimum Gasteiger partial charge on any atom is -0.266 e. The van der Waals surface area contributed by atoms with Crippen LogP contribution in [-0.2, 0) is 0 Å². The molecular formula is C9H11ClN4. The molecular weight excluding hydrogens is 200 g/mol. The third kappa shape index (κ3) is 1.35. The highest BCUT2D eigenvalue weighted by atomic mass is 35.5. The van der Waals surface area contributed by atoms with Gasteiger partial charge in [-0.25, -0.2) is 0 Å². The van der Waals surface area contributed by atoms with E-state index in [4.69, 9.17) is 11.6 Å². The first-order valence-corrected chi connectivity index (χ1v) is 4.96. The molecule has 0 saturated carbocycles. The number of aromatic nitrogens is 4. The average Bonchev–Trinajstić information content (AvgIpc) is 2.62. The highest BCUT2D eigenvalue weighted by Crippen LogP contribution is 2.20. The summed E-state index contributed by atoms with van der Waals surface area (Å²) >= 11 is 6.03. The van der Waals surface area contributed by atoms with Crippen LogP contribution in [0.5, 0.6) is 0 Å². The van der Waals surface area contributed by atoms with Crippen molar-refractivity contribution in [3.05, 3.63) is 23.4 Å². The molecule has 2 aromatic rings. The Bertz CT molecular complexity index is 451. The lowest BCUT2D eigenvalue weighted by Crippen LogP contribution is -2.00. The molecule has 0 radical (unpaired) electrons. The Morgan fingerprint density at radius 3 is 2.93 bits per heavy atom. The van der Waals surface area contributed by atoms with Gasteiger partial charge in [0.25, 0.3) is 0 Å². The summed E-state index contributed by atoms with van der Waals surface area (Å²) in [4.78, 5) is 3.96. The van der Waals surface area contributed by atoms with Crippen LogP contribution in [0.3, 0.4) is 0 Å². The van der Waals surface area contributed by atoms with Gasteiger partial charge in [-0.2, -0.15) is 0 Å². The Hall–Kier alpha value is -1.16. The second kappa shape index (κ2) is 3.53. The fraction of sp³-hybridized carbons (Fsp3) is 0.444. The topological polar surface area (TPSA) is 43.1 Å². The van der Waals surface area contributed by atoms with Crippen molar-refractivity contribution in [2.24, 2.45) is 0 Å². The zero-order chi connectivity index (χ0) is 10.1. The SMILES string of the molecule is CCC(C)c1nnc2cncc(Cl)n12. The summed E-state index contributed by atoms with van der Waals surface area (Å²) in [5, 5.41) is 8.69. The van der Waals surface area contributed by atoms with E-state index in [2.05, 4.69) is 29.0 Å². The highest BCUT2D eigenvalue weighted by Gasteiger charge is 2.13. The largest absolute Gasteiger partial charge is 0.266 e. The summed E-state index contributed by atoms with van der Waals surface area (Å²) in [6.45, 7) is 4.22. The van der Waals surface area contributed by atoms with Gasteiger partial charge in [0.2, 0.25) is 0 Å². The van der Waals surface area contributed by atoms with Gasteiger partial charge in [-0.1, -0.05) is 25.4 Å². The van der Waals surface area contributed by atoms with Gasteiger partial charge in [0.05, 0.1) is 12.4 Å². The molecule has 0 amide bonds. The van der Waals surface area contributed by atoms with Gasteiger partial charge in [0.1, 0.15) is 11.0 Å². The van der Waals surface area contributed by atoms with Crippen molar-refractivity contribution in [1.82, 2.24) is 19.6 Å². The molecule has 74 valence electrons. The van der Waals surface area contributed by atoms with Crippen LogP contribution < -0.4 is 0 Å². The first-order valence-electron chi connectivity index (χ1n) is 4.58. The van der Waals surface area contributed by atoms with Gasteiger partial charge in [0.15, 0.2) is 5.65 Å². The van der Waals surface area contributed by atoms with Gasteiger partial charge in [-0.15, -0.1) is 10.2 Å². The molecule has 0 spiro atoms. The van der Waals surface area contributed by atoms with E-state index in [1.165, 1.54) is 0 Å². The van der Waals surface area contributed by atoms with E-state index in [1.807, 2.05) is 4.40 Å². The number of rotatable bonds is 2. The molecule has 0 aliphatic carbocycles. The van der Waals surface area contributed by atoms with Crippen LogP contribution in [0.15, 0.2) is 12.4 Å². The van der Waals surface area contributed by atoms with E-state index in [9.17, 15) is 0 Å². The predicted octanol–water partition coefficient (Wildman–Crippen LogP) is 2.29. The summed E-state index contributed by atoms with van der Waals surface area (Å²) < 4.78 is 1.84. The zero-order valence-corrected chi connectivity index (χ0v) is 8.86. The van der Waals surface area contributed by atoms with Crippen LogP contribution in [0, 0.1) is 0 Å². The van der Waals surface area contributed by atoms with Crippen LogP contribution in [0.25, 0.3) is 5.65 Å². The van der Waals surface area contributed by atoms with E-state index >= 15 is 0 Å². The number of nitrogens with zero attached hydrogens (tertiary/aromatic N) is 4. The normalized spacial score (nSPS) is 13.4. The van der Waals surface area contributed by atoms with Gasteiger partial charge in [-0.05, 0) is 6.42 Å². The van der Waals surface area contributed by atoms with Gasteiger partial charge in [0, 0.05) is 5.92 Å². The molecule has 1 atom stereocenters. The predicted molar refractivity (Wildman–Crippen MR) is 54.5 cm³/mol. The van der Waals surface area contributed by atoms with Crippen molar-refractivity contribution in [3.8, 4) is 0 Å². The lowest BCUT2D eigenvalue weighted by Gasteiger charge is -2.06. The van der Waals surface area contributed by atoms with Crippen molar-refractivity contribution in [2.75, 3.05) is 0 Å². The van der Waals surface area contributed by atoms with Crippen LogP contribution in [0.1, 0.15) is 32.0 Å². The molecule has 0 fully saturated rings. The lowest BCUT2D eigenvalue weighted by molar-refractivity contribution is 0.669. The summed E-state index contributed by atoms with van der Waals surface area (Å²) in [7, 11) is 0. The molecule has 14 heavy (non-hydrogen) atoms. The van der Waals surface area contributed by atoms with Gasteiger partial charge >= 0.3 is 0 Å². The summed E-state index contributed by atoms with van der Waals surface area (Å²) in [6.07, 6.45) is 4.27. The van der Waals surface area contributed by atoms with Crippen molar-refractivity contribution in [2.45, 2.75) is 26.2 Å². The van der Waals surface area contributed by atoms with Crippen LogP contribution in [0.4, 0.5) is 0 Å². The Kier molecular flexibility index (Phi) is 2.37. The summed E-state index contributed by atoms with van der Waals surface area (Å²) in [5.74, 6) is 1.25. The Labute approximate surface area is 86.9 Å². The minimum absolute atomic E-state index is 0.352. The molecule has 0 saturated heterocycles. The van der Waals surface area contributed by atoms with E-state index in [-0.39, 0.29) is 0 Å². The van der Waals surface area contributed by atoms with E-state index < -0.39 is 0 Å². The average molecular weight is 211 g/mol. The van der Waals surface area contributed by atoms with Gasteiger partial charge < -0.3 is 0 Å². The smallest absolute Gasteiger partial charge is 0.180 e. The Morgan fingerprint density at radius 1 is 1.43 bits per heavy atom. The first kappa shape index (κ1) is 9.40. The molecule has 1 unspecified atom stereocenters. The molecule has 4 nitrogen and oxygen atoms in total. The first-order chi connectivity index (χ1) is 6.74. The van der Waals surface area contributed by atoms with E-state index in [0.717, 1.165) is 12.2 Å². The Morgan fingerprint density at radius 2 is 2.21 bits per heavy atom. The molecule has 2 heterocycles. The zero-order valence-electron chi connectivity index (χ0n) is 8.11. The third-order valence-electron chi connectivity index (χ3n) is 2.35.